The highest BCUT2D eigenvalue weighted by Crippen LogP contribution is 2.09. The average Bonchev–Trinajstić information content (AvgIpc) is 2.61. The van der Waals surface area contributed by atoms with E-state index in [2.05, 4.69) is 29.5 Å². The standard InChI is InChI=1S/C19H26N4O3S/c1-14(2)9-11-21-18-8-5-16(13-23-18)19(24)22-12-10-15-3-6-17(7-4-15)27(20,25)26/h3-8,13-14H,9-12H2,1-2H3,(H,21,23)(H,22,24)(H2,20,25,26). The number of aromatic nitrogens is 1. The molecule has 0 spiro atoms. The Labute approximate surface area is 160 Å². The van der Waals surface area contributed by atoms with Crippen LogP contribution in [0, 0.1) is 5.92 Å². The van der Waals surface area contributed by atoms with Crippen LogP contribution in [-0.2, 0) is 16.4 Å². The first kappa shape index (κ1) is 20.9. The number of carbonyl (C=O) groups excluding carboxylic acids is 1. The molecule has 1 heterocycles. The summed E-state index contributed by atoms with van der Waals surface area (Å²) in [6, 6.07) is 9.82. The van der Waals surface area contributed by atoms with Crippen molar-refractivity contribution in [1.82, 2.24) is 10.3 Å². The number of amides is 1. The largest absolute Gasteiger partial charge is 0.370 e. The number of benzene rings is 1. The van der Waals surface area contributed by atoms with E-state index in [1.807, 2.05) is 0 Å². The van der Waals surface area contributed by atoms with Crippen LogP contribution in [0.25, 0.3) is 0 Å². The summed E-state index contributed by atoms with van der Waals surface area (Å²) in [7, 11) is -3.69. The minimum Gasteiger partial charge on any atom is -0.370 e. The van der Waals surface area contributed by atoms with Crippen molar-refractivity contribution < 1.29 is 13.2 Å². The number of nitrogens with two attached hydrogens (primary N) is 1. The molecule has 0 radical (unpaired) electrons. The second kappa shape index (κ2) is 9.48. The lowest BCUT2D eigenvalue weighted by molar-refractivity contribution is 0.0954. The minimum absolute atomic E-state index is 0.0726. The molecule has 0 unspecified atom stereocenters. The summed E-state index contributed by atoms with van der Waals surface area (Å²) < 4.78 is 22.5. The van der Waals surface area contributed by atoms with Crippen molar-refractivity contribution >= 4 is 21.7 Å². The lowest BCUT2D eigenvalue weighted by atomic mass is 10.1. The van der Waals surface area contributed by atoms with Gasteiger partial charge in [-0.15, -0.1) is 0 Å². The number of pyridine rings is 1. The first-order valence-electron chi connectivity index (χ1n) is 8.85. The summed E-state index contributed by atoms with van der Waals surface area (Å²) in [5, 5.41) is 11.1. The molecule has 1 amide bonds. The van der Waals surface area contributed by atoms with Gasteiger partial charge in [-0.2, -0.15) is 0 Å². The Balaban J connectivity index is 1.80. The predicted molar refractivity (Wildman–Crippen MR) is 106 cm³/mol. The van der Waals surface area contributed by atoms with Gasteiger partial charge in [0.15, 0.2) is 0 Å². The first-order chi connectivity index (χ1) is 12.8. The number of sulfonamides is 1. The Hall–Kier alpha value is -2.45. The predicted octanol–water partition coefficient (Wildman–Crippen LogP) is 2.16. The summed E-state index contributed by atoms with van der Waals surface area (Å²) >= 11 is 0. The van der Waals surface area contributed by atoms with Gasteiger partial charge in [-0.05, 0) is 48.6 Å². The van der Waals surface area contributed by atoms with Crippen LogP contribution in [0.15, 0.2) is 47.5 Å². The molecule has 0 aliphatic carbocycles. The molecule has 1 aromatic heterocycles. The monoisotopic (exact) mass is 390 g/mol. The van der Waals surface area contributed by atoms with Crippen molar-refractivity contribution in [3.05, 3.63) is 53.7 Å². The lowest BCUT2D eigenvalue weighted by Crippen LogP contribution is -2.25. The molecule has 8 heteroatoms. The molecule has 0 saturated carbocycles. The van der Waals surface area contributed by atoms with Crippen molar-refractivity contribution in [3.8, 4) is 0 Å². The Morgan fingerprint density at radius 3 is 2.37 bits per heavy atom. The number of nitrogens with one attached hydrogen (secondary N) is 2. The van der Waals surface area contributed by atoms with Crippen LogP contribution in [0.3, 0.4) is 0 Å². The zero-order chi connectivity index (χ0) is 19.9. The molecule has 0 bridgehead atoms. The zero-order valence-electron chi connectivity index (χ0n) is 15.6. The Bertz CT molecular complexity index is 848. The summed E-state index contributed by atoms with van der Waals surface area (Å²) in [6.45, 7) is 5.61. The SMILES string of the molecule is CC(C)CCNc1ccc(C(=O)NCCc2ccc(S(N)(=O)=O)cc2)cn1. The number of nitrogens with zero attached hydrogens (tertiary/aromatic N) is 1. The third-order valence-electron chi connectivity index (χ3n) is 4.00. The van der Waals surface area contributed by atoms with Gasteiger partial charge in [0, 0.05) is 19.3 Å². The molecule has 0 saturated heterocycles. The number of primary sulfonamides is 1. The molecule has 27 heavy (non-hydrogen) atoms. The van der Waals surface area contributed by atoms with Gasteiger partial charge >= 0.3 is 0 Å². The second-order valence-corrected chi connectivity index (χ2v) is 8.30. The zero-order valence-corrected chi connectivity index (χ0v) is 16.4. The van der Waals surface area contributed by atoms with Gasteiger partial charge in [-0.1, -0.05) is 26.0 Å². The van der Waals surface area contributed by atoms with E-state index < -0.39 is 10.0 Å². The third kappa shape index (κ3) is 6.99. The summed E-state index contributed by atoms with van der Waals surface area (Å²) in [4.78, 5) is 16.5. The van der Waals surface area contributed by atoms with Crippen molar-refractivity contribution in [1.29, 1.82) is 0 Å². The van der Waals surface area contributed by atoms with Crippen LogP contribution in [0.2, 0.25) is 0 Å². The fourth-order valence-corrected chi connectivity index (χ4v) is 2.91. The molecule has 2 aromatic rings. The maximum absolute atomic E-state index is 12.2. The van der Waals surface area contributed by atoms with Gasteiger partial charge in [-0.3, -0.25) is 4.79 Å². The summed E-state index contributed by atoms with van der Waals surface area (Å²) in [5.74, 6) is 1.18. The fraction of sp³-hybridized carbons (Fsp3) is 0.368. The van der Waals surface area contributed by atoms with Gasteiger partial charge in [0.25, 0.3) is 5.91 Å². The van der Waals surface area contributed by atoms with Crippen LogP contribution < -0.4 is 15.8 Å². The van der Waals surface area contributed by atoms with E-state index in [1.54, 1.807) is 30.5 Å². The molecule has 0 atom stereocenters. The van der Waals surface area contributed by atoms with Crippen LogP contribution in [0.1, 0.15) is 36.2 Å². The van der Waals surface area contributed by atoms with Gasteiger partial charge in [0.2, 0.25) is 10.0 Å². The lowest BCUT2D eigenvalue weighted by Gasteiger charge is -2.09. The maximum Gasteiger partial charge on any atom is 0.252 e. The minimum atomic E-state index is -3.69. The molecule has 2 rings (SSSR count). The molecule has 0 aliphatic heterocycles. The molecule has 1 aromatic carbocycles. The molecule has 7 nitrogen and oxygen atoms in total. The van der Waals surface area contributed by atoms with Crippen LogP contribution in [-0.4, -0.2) is 32.4 Å². The van der Waals surface area contributed by atoms with E-state index in [0.717, 1.165) is 24.3 Å². The van der Waals surface area contributed by atoms with Gasteiger partial charge in [-0.25, -0.2) is 18.5 Å². The molecule has 146 valence electrons. The molecule has 0 aliphatic rings. The number of rotatable bonds is 9. The van der Waals surface area contributed by atoms with Crippen molar-refractivity contribution in [2.45, 2.75) is 31.6 Å². The van der Waals surface area contributed by atoms with Crippen LogP contribution >= 0.6 is 0 Å². The summed E-state index contributed by atoms with van der Waals surface area (Å²) in [5.41, 5.74) is 1.40. The molecular formula is C19H26N4O3S. The average molecular weight is 391 g/mol. The fourth-order valence-electron chi connectivity index (χ4n) is 2.39. The molecular weight excluding hydrogens is 364 g/mol. The smallest absolute Gasteiger partial charge is 0.252 e. The van der Waals surface area contributed by atoms with Crippen LogP contribution in [0.5, 0.6) is 0 Å². The maximum atomic E-state index is 12.2. The Morgan fingerprint density at radius 1 is 1.11 bits per heavy atom. The van der Waals surface area contributed by atoms with E-state index in [-0.39, 0.29) is 10.8 Å². The quantitative estimate of drug-likeness (QED) is 0.607. The van der Waals surface area contributed by atoms with Crippen molar-refractivity contribution in [2.75, 3.05) is 18.4 Å². The Morgan fingerprint density at radius 2 is 1.81 bits per heavy atom. The Kier molecular flexibility index (Phi) is 7.32. The van der Waals surface area contributed by atoms with E-state index in [9.17, 15) is 13.2 Å². The molecule has 4 N–H and O–H groups in total. The summed E-state index contributed by atoms with van der Waals surface area (Å²) in [6.07, 6.45) is 3.19. The number of anilines is 1. The third-order valence-corrected chi connectivity index (χ3v) is 4.93. The van der Waals surface area contributed by atoms with Gasteiger partial charge < -0.3 is 10.6 Å². The molecule has 0 fully saturated rings. The highest BCUT2D eigenvalue weighted by molar-refractivity contribution is 7.89. The number of hydrogen-bond donors (Lipinski definition) is 3. The van der Waals surface area contributed by atoms with Gasteiger partial charge in [0.1, 0.15) is 5.82 Å². The number of hydrogen-bond acceptors (Lipinski definition) is 5. The van der Waals surface area contributed by atoms with E-state index in [1.165, 1.54) is 12.1 Å². The second-order valence-electron chi connectivity index (χ2n) is 6.74. The van der Waals surface area contributed by atoms with Gasteiger partial charge in [0.05, 0.1) is 10.5 Å². The topological polar surface area (TPSA) is 114 Å². The highest BCUT2D eigenvalue weighted by Gasteiger charge is 2.08. The first-order valence-corrected chi connectivity index (χ1v) is 10.4. The highest BCUT2D eigenvalue weighted by atomic mass is 32.2. The van der Waals surface area contributed by atoms with Crippen molar-refractivity contribution in [3.63, 3.8) is 0 Å². The normalized spacial score (nSPS) is 11.4. The number of carbonyl (C=O) groups is 1. The van der Waals surface area contributed by atoms with E-state index in [0.29, 0.717) is 24.4 Å². The van der Waals surface area contributed by atoms with Crippen LogP contribution in [0.4, 0.5) is 5.82 Å². The van der Waals surface area contributed by atoms with E-state index in [4.69, 9.17) is 5.14 Å². The van der Waals surface area contributed by atoms with Crippen molar-refractivity contribution in [2.24, 2.45) is 11.1 Å². The van der Waals surface area contributed by atoms with E-state index >= 15 is 0 Å².